The second-order valence-corrected chi connectivity index (χ2v) is 3.41. The molecule has 2 heterocycles. The van der Waals surface area contributed by atoms with Gasteiger partial charge in [0, 0.05) is 0 Å². The van der Waals surface area contributed by atoms with Crippen LogP contribution in [0.1, 0.15) is 19.8 Å². The molecule has 2 aliphatic rings. The Morgan fingerprint density at radius 1 is 1.38 bits per heavy atom. The molecule has 0 aromatic rings. The highest BCUT2D eigenvalue weighted by Gasteiger charge is 2.41. The van der Waals surface area contributed by atoms with Gasteiger partial charge in [0.1, 0.15) is 6.10 Å². The zero-order valence-corrected chi connectivity index (χ0v) is 7.69. The van der Waals surface area contributed by atoms with E-state index in [0.717, 1.165) is 6.42 Å². The molecule has 2 aliphatic heterocycles. The van der Waals surface area contributed by atoms with Crippen molar-refractivity contribution in [3.05, 3.63) is 0 Å². The Hall–Kier alpha value is -0.610. The van der Waals surface area contributed by atoms with Crippen LogP contribution in [-0.2, 0) is 19.0 Å². The monoisotopic (exact) mass is 186 g/mol. The predicted octanol–water partition coefficient (Wildman–Crippen LogP) is 0.701. The van der Waals surface area contributed by atoms with Crippen molar-refractivity contribution in [2.45, 2.75) is 32.2 Å². The number of hydrogen-bond acceptors (Lipinski definition) is 4. The van der Waals surface area contributed by atoms with E-state index in [1.807, 2.05) is 6.92 Å². The van der Waals surface area contributed by atoms with Gasteiger partial charge in [0.15, 0.2) is 6.29 Å². The Labute approximate surface area is 77.1 Å². The first kappa shape index (κ1) is 8.97. The van der Waals surface area contributed by atoms with Gasteiger partial charge in [-0.25, -0.2) is 0 Å². The fourth-order valence-corrected chi connectivity index (χ4v) is 1.91. The third-order valence-corrected chi connectivity index (χ3v) is 2.56. The highest BCUT2D eigenvalue weighted by atomic mass is 16.7. The number of carbonyl (C=O) groups is 1. The van der Waals surface area contributed by atoms with E-state index < -0.39 is 0 Å². The van der Waals surface area contributed by atoms with Crippen LogP contribution in [0.25, 0.3) is 0 Å². The second kappa shape index (κ2) is 3.64. The zero-order valence-electron chi connectivity index (χ0n) is 7.69. The van der Waals surface area contributed by atoms with Crippen LogP contribution in [0.15, 0.2) is 0 Å². The molecule has 0 radical (unpaired) electrons. The van der Waals surface area contributed by atoms with Crippen LogP contribution in [0.2, 0.25) is 0 Å². The van der Waals surface area contributed by atoms with Crippen molar-refractivity contribution in [1.29, 1.82) is 0 Å². The van der Waals surface area contributed by atoms with Gasteiger partial charge in [-0.05, 0) is 6.42 Å². The number of rotatable bonds is 2. The summed E-state index contributed by atoms with van der Waals surface area (Å²) in [6, 6.07) is 0. The van der Waals surface area contributed by atoms with Crippen molar-refractivity contribution < 1.29 is 19.0 Å². The molecule has 0 amide bonds. The molecule has 0 N–H and O–H groups in total. The predicted molar refractivity (Wildman–Crippen MR) is 44.0 cm³/mol. The Bertz CT molecular complexity index is 198. The Kier molecular flexibility index (Phi) is 2.51. The van der Waals surface area contributed by atoms with E-state index >= 15 is 0 Å². The largest absolute Gasteiger partial charge is 0.462 e. The molecule has 0 aliphatic carbocycles. The highest BCUT2D eigenvalue weighted by Crippen LogP contribution is 2.31. The molecule has 74 valence electrons. The average molecular weight is 186 g/mol. The second-order valence-electron chi connectivity index (χ2n) is 3.41. The molecule has 13 heavy (non-hydrogen) atoms. The van der Waals surface area contributed by atoms with E-state index in [2.05, 4.69) is 0 Å². The molecule has 0 unspecified atom stereocenters. The molecule has 0 spiro atoms. The molecule has 0 aromatic heterocycles. The summed E-state index contributed by atoms with van der Waals surface area (Å²) in [5, 5.41) is 0. The Morgan fingerprint density at radius 2 is 2.08 bits per heavy atom. The fourth-order valence-electron chi connectivity index (χ4n) is 1.91. The van der Waals surface area contributed by atoms with E-state index in [-0.39, 0.29) is 24.3 Å². The molecule has 4 heteroatoms. The first-order valence-corrected chi connectivity index (χ1v) is 4.74. The normalized spacial score (nSPS) is 35.3. The van der Waals surface area contributed by atoms with Gasteiger partial charge in [0.25, 0.3) is 0 Å². The van der Waals surface area contributed by atoms with E-state index in [1.165, 1.54) is 0 Å². The van der Waals surface area contributed by atoms with Crippen molar-refractivity contribution >= 4 is 5.97 Å². The maximum atomic E-state index is 11.0. The van der Waals surface area contributed by atoms with E-state index in [0.29, 0.717) is 19.6 Å². The van der Waals surface area contributed by atoms with Crippen molar-refractivity contribution in [2.24, 2.45) is 5.92 Å². The van der Waals surface area contributed by atoms with Crippen LogP contribution in [0, 0.1) is 5.92 Å². The minimum absolute atomic E-state index is 0.0180. The minimum atomic E-state index is -0.226. The third-order valence-electron chi connectivity index (χ3n) is 2.56. The fraction of sp³-hybridized carbons (Fsp3) is 0.889. The maximum Gasteiger partial charge on any atom is 0.306 e. The quantitative estimate of drug-likeness (QED) is 0.595. The van der Waals surface area contributed by atoms with Gasteiger partial charge in [-0.15, -0.1) is 0 Å². The van der Waals surface area contributed by atoms with E-state index in [4.69, 9.17) is 14.2 Å². The summed E-state index contributed by atoms with van der Waals surface area (Å²) in [6.45, 7) is 3.27. The van der Waals surface area contributed by atoms with Gasteiger partial charge in [-0.3, -0.25) is 4.79 Å². The molecule has 2 fully saturated rings. The first-order valence-electron chi connectivity index (χ1n) is 4.74. The lowest BCUT2D eigenvalue weighted by molar-refractivity contribution is -0.142. The molecule has 0 aromatic carbocycles. The lowest BCUT2D eigenvalue weighted by Crippen LogP contribution is -2.28. The van der Waals surface area contributed by atoms with Crippen LogP contribution in [0.5, 0.6) is 0 Å². The smallest absolute Gasteiger partial charge is 0.306 e. The van der Waals surface area contributed by atoms with Crippen LogP contribution < -0.4 is 0 Å². The van der Waals surface area contributed by atoms with Crippen molar-refractivity contribution in [1.82, 2.24) is 0 Å². The summed E-state index contributed by atoms with van der Waals surface area (Å²) < 4.78 is 15.9. The molecule has 2 saturated heterocycles. The molecule has 0 saturated carbocycles. The SMILES string of the molecule is CC[C@H]1OC(=O)C[C@@H]1C1OCCO1. The van der Waals surface area contributed by atoms with Gasteiger partial charge in [-0.1, -0.05) is 6.92 Å². The van der Waals surface area contributed by atoms with E-state index in [9.17, 15) is 4.79 Å². The summed E-state index contributed by atoms with van der Waals surface area (Å²) >= 11 is 0. The summed E-state index contributed by atoms with van der Waals surface area (Å²) in [7, 11) is 0. The zero-order chi connectivity index (χ0) is 9.26. The molecular weight excluding hydrogens is 172 g/mol. The third kappa shape index (κ3) is 1.69. The lowest BCUT2D eigenvalue weighted by Gasteiger charge is -2.20. The Balaban J connectivity index is 1.99. The molecule has 0 bridgehead atoms. The van der Waals surface area contributed by atoms with Gasteiger partial charge in [-0.2, -0.15) is 0 Å². The topological polar surface area (TPSA) is 44.8 Å². The van der Waals surface area contributed by atoms with Crippen molar-refractivity contribution in [3.63, 3.8) is 0 Å². The number of carbonyl (C=O) groups excluding carboxylic acids is 1. The van der Waals surface area contributed by atoms with Crippen LogP contribution in [0.4, 0.5) is 0 Å². The molecule has 2 atom stereocenters. The van der Waals surface area contributed by atoms with Crippen LogP contribution in [0.3, 0.4) is 0 Å². The summed E-state index contributed by atoms with van der Waals surface area (Å²) in [5.41, 5.74) is 0. The Morgan fingerprint density at radius 3 is 2.69 bits per heavy atom. The van der Waals surface area contributed by atoms with Crippen molar-refractivity contribution in [2.75, 3.05) is 13.2 Å². The number of cyclic esters (lactones) is 1. The number of ether oxygens (including phenoxy) is 3. The van der Waals surface area contributed by atoms with Gasteiger partial charge >= 0.3 is 5.97 Å². The van der Waals surface area contributed by atoms with Crippen LogP contribution >= 0.6 is 0 Å². The van der Waals surface area contributed by atoms with E-state index in [1.54, 1.807) is 0 Å². The lowest BCUT2D eigenvalue weighted by atomic mass is 9.99. The molecule has 2 rings (SSSR count). The van der Waals surface area contributed by atoms with Gasteiger partial charge < -0.3 is 14.2 Å². The van der Waals surface area contributed by atoms with Crippen LogP contribution in [-0.4, -0.2) is 31.6 Å². The molecule has 4 nitrogen and oxygen atoms in total. The highest BCUT2D eigenvalue weighted by molar-refractivity contribution is 5.72. The summed E-state index contributed by atoms with van der Waals surface area (Å²) in [6.07, 6.45) is 1.02. The van der Waals surface area contributed by atoms with Crippen molar-refractivity contribution in [3.8, 4) is 0 Å². The van der Waals surface area contributed by atoms with Gasteiger partial charge in [0.05, 0.1) is 25.6 Å². The summed E-state index contributed by atoms with van der Waals surface area (Å²) in [5.74, 6) is -0.0315. The maximum absolute atomic E-state index is 11.0. The summed E-state index contributed by atoms with van der Waals surface area (Å²) in [4.78, 5) is 11.0. The average Bonchev–Trinajstić information content (AvgIpc) is 2.71. The standard InChI is InChI=1S/C9H14O4/c1-2-7-6(5-8(10)13-7)9-11-3-4-12-9/h6-7,9H,2-5H2,1H3/t6-,7+/m0/s1. The number of esters is 1. The minimum Gasteiger partial charge on any atom is -0.462 e. The molecular formula is C9H14O4. The number of hydrogen-bond donors (Lipinski definition) is 0. The van der Waals surface area contributed by atoms with Gasteiger partial charge in [0.2, 0.25) is 0 Å². The first-order chi connectivity index (χ1) is 6.31.